The number of hydrogen-bond donors (Lipinski definition) is 1. The Kier molecular flexibility index (Phi) is 8.02. The van der Waals surface area contributed by atoms with Crippen LogP contribution in [0, 0.1) is 0 Å². The van der Waals surface area contributed by atoms with Crippen molar-refractivity contribution in [2.45, 2.75) is 45.1 Å². The Bertz CT molecular complexity index is 128. The summed E-state index contributed by atoms with van der Waals surface area (Å²) in [7, 11) is 0. The summed E-state index contributed by atoms with van der Waals surface area (Å²) in [5.41, 5.74) is 0. The van der Waals surface area contributed by atoms with Crippen molar-refractivity contribution < 1.29 is 9.90 Å². The van der Waals surface area contributed by atoms with E-state index >= 15 is 0 Å². The van der Waals surface area contributed by atoms with Gasteiger partial charge in [-0.1, -0.05) is 12.2 Å². The highest BCUT2D eigenvalue weighted by atomic mass is 16.3. The summed E-state index contributed by atoms with van der Waals surface area (Å²) in [6.45, 7) is 1.79. The first-order valence-corrected chi connectivity index (χ1v) is 4.54. The third-order valence-electron chi connectivity index (χ3n) is 1.61. The number of carbonyl (C=O) groups excluding carboxylic acids is 1. The van der Waals surface area contributed by atoms with E-state index in [0.717, 1.165) is 32.0 Å². The van der Waals surface area contributed by atoms with Crippen LogP contribution in [0.25, 0.3) is 0 Å². The molecule has 0 aromatic rings. The van der Waals surface area contributed by atoms with Gasteiger partial charge in [0.2, 0.25) is 0 Å². The van der Waals surface area contributed by atoms with Crippen LogP contribution >= 0.6 is 0 Å². The molecule has 0 bridgehead atoms. The standard InChI is InChI=1S/C10H18O2/c1-10(12)8-6-4-2-3-5-7-9-11/h2,4,9-10,12H,3,5-8H2,1H3/b4-2+. The summed E-state index contributed by atoms with van der Waals surface area (Å²) >= 11 is 0. The van der Waals surface area contributed by atoms with Crippen LogP contribution in [0.4, 0.5) is 0 Å². The molecule has 0 rings (SSSR count). The summed E-state index contributed by atoms with van der Waals surface area (Å²) in [6.07, 6.45) is 9.20. The molecule has 70 valence electrons. The number of unbranched alkanes of at least 4 members (excludes halogenated alkanes) is 2. The van der Waals surface area contributed by atoms with Gasteiger partial charge in [0.05, 0.1) is 6.10 Å². The Morgan fingerprint density at radius 2 is 1.92 bits per heavy atom. The second-order valence-corrected chi connectivity index (χ2v) is 3.00. The van der Waals surface area contributed by atoms with Crippen molar-refractivity contribution in [1.82, 2.24) is 0 Å². The van der Waals surface area contributed by atoms with Gasteiger partial charge in [0.15, 0.2) is 0 Å². The van der Waals surface area contributed by atoms with Crippen molar-refractivity contribution in [3.05, 3.63) is 12.2 Å². The quantitative estimate of drug-likeness (QED) is 0.361. The lowest BCUT2D eigenvalue weighted by Gasteiger charge is -1.98. The van der Waals surface area contributed by atoms with Gasteiger partial charge >= 0.3 is 0 Å². The highest BCUT2D eigenvalue weighted by Gasteiger charge is 1.90. The van der Waals surface area contributed by atoms with E-state index in [0.29, 0.717) is 6.42 Å². The highest BCUT2D eigenvalue weighted by molar-refractivity contribution is 5.48. The van der Waals surface area contributed by atoms with Gasteiger partial charge in [0.1, 0.15) is 6.29 Å². The minimum atomic E-state index is -0.204. The van der Waals surface area contributed by atoms with E-state index in [4.69, 9.17) is 5.11 Å². The topological polar surface area (TPSA) is 37.3 Å². The van der Waals surface area contributed by atoms with E-state index in [1.165, 1.54) is 0 Å². The highest BCUT2D eigenvalue weighted by Crippen LogP contribution is 1.99. The molecule has 2 heteroatoms. The Morgan fingerprint density at radius 1 is 1.25 bits per heavy atom. The first-order valence-electron chi connectivity index (χ1n) is 4.54. The number of aliphatic hydroxyl groups is 1. The second kappa shape index (κ2) is 8.47. The maximum atomic E-state index is 9.93. The fraction of sp³-hybridized carbons (Fsp3) is 0.700. The van der Waals surface area contributed by atoms with Crippen molar-refractivity contribution >= 4 is 6.29 Å². The Hall–Kier alpha value is -0.630. The van der Waals surface area contributed by atoms with E-state index in [-0.39, 0.29) is 6.10 Å². The molecule has 0 radical (unpaired) electrons. The third-order valence-corrected chi connectivity index (χ3v) is 1.61. The number of allylic oxidation sites excluding steroid dienone is 2. The molecule has 0 heterocycles. The third kappa shape index (κ3) is 9.37. The van der Waals surface area contributed by atoms with Gasteiger partial charge in [0.25, 0.3) is 0 Å². The molecule has 12 heavy (non-hydrogen) atoms. The SMILES string of the molecule is CC(O)CC/C=C/CCCC=O. The molecule has 0 aliphatic heterocycles. The van der Waals surface area contributed by atoms with Gasteiger partial charge < -0.3 is 9.90 Å². The maximum absolute atomic E-state index is 9.93. The van der Waals surface area contributed by atoms with Crippen molar-refractivity contribution in [2.75, 3.05) is 0 Å². The van der Waals surface area contributed by atoms with Crippen molar-refractivity contribution in [3.8, 4) is 0 Å². The van der Waals surface area contributed by atoms with Gasteiger partial charge in [-0.05, 0) is 32.6 Å². The maximum Gasteiger partial charge on any atom is 0.120 e. The number of carbonyl (C=O) groups is 1. The van der Waals surface area contributed by atoms with Gasteiger partial charge in [-0.2, -0.15) is 0 Å². The predicted molar refractivity (Wildman–Crippen MR) is 50.0 cm³/mol. The van der Waals surface area contributed by atoms with Crippen LogP contribution in [0.1, 0.15) is 39.0 Å². The molecule has 0 fully saturated rings. The van der Waals surface area contributed by atoms with E-state index < -0.39 is 0 Å². The Labute approximate surface area is 74.3 Å². The van der Waals surface area contributed by atoms with Crippen LogP contribution in [-0.2, 0) is 4.79 Å². The number of hydrogen-bond acceptors (Lipinski definition) is 2. The molecule has 1 unspecified atom stereocenters. The molecule has 0 aromatic carbocycles. The van der Waals surface area contributed by atoms with Crippen LogP contribution in [0.5, 0.6) is 0 Å². The van der Waals surface area contributed by atoms with E-state index in [2.05, 4.69) is 12.2 Å². The molecule has 0 spiro atoms. The molecule has 0 amide bonds. The fourth-order valence-corrected chi connectivity index (χ4v) is 0.892. The average molecular weight is 170 g/mol. The van der Waals surface area contributed by atoms with Gasteiger partial charge in [-0.25, -0.2) is 0 Å². The van der Waals surface area contributed by atoms with Crippen LogP contribution in [0.15, 0.2) is 12.2 Å². The van der Waals surface area contributed by atoms with Gasteiger partial charge in [-0.15, -0.1) is 0 Å². The van der Waals surface area contributed by atoms with Crippen molar-refractivity contribution in [3.63, 3.8) is 0 Å². The smallest absolute Gasteiger partial charge is 0.120 e. The molecule has 1 atom stereocenters. The van der Waals surface area contributed by atoms with E-state index in [1.807, 2.05) is 0 Å². The molecule has 0 saturated heterocycles. The lowest BCUT2D eigenvalue weighted by Crippen LogP contribution is -1.96. The fourth-order valence-electron chi connectivity index (χ4n) is 0.892. The molecule has 0 aromatic heterocycles. The minimum absolute atomic E-state index is 0.204. The molecule has 0 aliphatic rings. The zero-order valence-electron chi connectivity index (χ0n) is 7.70. The Balaban J connectivity index is 3.08. The second-order valence-electron chi connectivity index (χ2n) is 3.00. The molecular formula is C10H18O2. The van der Waals surface area contributed by atoms with E-state index in [1.54, 1.807) is 6.92 Å². The number of rotatable bonds is 7. The molecule has 2 nitrogen and oxygen atoms in total. The predicted octanol–water partition coefficient (Wildman–Crippen LogP) is 2.07. The molecule has 1 N–H and O–H groups in total. The van der Waals surface area contributed by atoms with Crippen LogP contribution in [0.2, 0.25) is 0 Å². The van der Waals surface area contributed by atoms with Gasteiger partial charge in [0, 0.05) is 6.42 Å². The largest absolute Gasteiger partial charge is 0.393 e. The molecule has 0 aliphatic carbocycles. The number of aldehydes is 1. The summed E-state index contributed by atoms with van der Waals surface area (Å²) in [5.74, 6) is 0. The summed E-state index contributed by atoms with van der Waals surface area (Å²) in [5, 5.41) is 8.91. The first-order chi connectivity index (χ1) is 5.77. The minimum Gasteiger partial charge on any atom is -0.393 e. The zero-order valence-corrected chi connectivity index (χ0v) is 7.70. The number of aliphatic hydroxyl groups excluding tert-OH is 1. The summed E-state index contributed by atoms with van der Waals surface area (Å²) in [6, 6.07) is 0. The summed E-state index contributed by atoms with van der Waals surface area (Å²) < 4.78 is 0. The normalized spacial score (nSPS) is 13.5. The van der Waals surface area contributed by atoms with Crippen molar-refractivity contribution in [1.29, 1.82) is 0 Å². The van der Waals surface area contributed by atoms with Crippen LogP contribution in [-0.4, -0.2) is 17.5 Å². The lowest BCUT2D eigenvalue weighted by atomic mass is 10.2. The molecular weight excluding hydrogens is 152 g/mol. The Morgan fingerprint density at radius 3 is 2.50 bits per heavy atom. The van der Waals surface area contributed by atoms with Crippen molar-refractivity contribution in [2.24, 2.45) is 0 Å². The van der Waals surface area contributed by atoms with E-state index in [9.17, 15) is 4.79 Å². The lowest BCUT2D eigenvalue weighted by molar-refractivity contribution is -0.107. The zero-order chi connectivity index (χ0) is 9.23. The average Bonchev–Trinajstić information content (AvgIpc) is 2.02. The van der Waals surface area contributed by atoms with Gasteiger partial charge in [-0.3, -0.25) is 0 Å². The first kappa shape index (κ1) is 11.4. The van der Waals surface area contributed by atoms with Crippen LogP contribution < -0.4 is 0 Å². The summed E-state index contributed by atoms with van der Waals surface area (Å²) in [4.78, 5) is 9.93. The molecule has 0 saturated carbocycles. The monoisotopic (exact) mass is 170 g/mol. The van der Waals surface area contributed by atoms with Crippen LogP contribution in [0.3, 0.4) is 0 Å².